The number of hydrogen-bond donors (Lipinski definition) is 0. The summed E-state index contributed by atoms with van der Waals surface area (Å²) in [6, 6.07) is 3.26. The largest absolute Gasteiger partial charge is 0.464 e. The number of methoxy groups -OCH3 is 1. The number of hydrogen-bond acceptors (Lipinski definition) is 4. The number of nitrogens with zero attached hydrogens (tertiary/aromatic N) is 2. The summed E-state index contributed by atoms with van der Waals surface area (Å²) in [6.07, 6.45) is 2.51. The number of halogens is 1. The number of rotatable bonds is 3. The van der Waals surface area contributed by atoms with E-state index in [1.807, 2.05) is 0 Å². The summed E-state index contributed by atoms with van der Waals surface area (Å²) >= 11 is 5.86. The highest BCUT2D eigenvalue weighted by molar-refractivity contribution is 6.31. The number of pyridine rings is 1. The van der Waals surface area contributed by atoms with Crippen LogP contribution in [0.1, 0.15) is 16.3 Å². The number of esters is 1. The number of aldehydes is 1. The lowest BCUT2D eigenvalue weighted by atomic mass is 10.3. The van der Waals surface area contributed by atoms with Crippen LogP contribution in [0.25, 0.3) is 5.52 Å². The van der Waals surface area contributed by atoms with Crippen molar-refractivity contribution >= 4 is 29.4 Å². The van der Waals surface area contributed by atoms with Crippen LogP contribution in [0.15, 0.2) is 18.3 Å². The van der Waals surface area contributed by atoms with Crippen molar-refractivity contribution in [3.8, 4) is 0 Å². The van der Waals surface area contributed by atoms with Gasteiger partial charge in [0.25, 0.3) is 0 Å². The topological polar surface area (TPSA) is 60.7 Å². The van der Waals surface area contributed by atoms with Crippen molar-refractivity contribution in [1.29, 1.82) is 0 Å². The molecule has 0 bridgehead atoms. The highest BCUT2D eigenvalue weighted by Gasteiger charge is 2.17. The second-order valence-electron chi connectivity index (χ2n) is 3.34. The van der Waals surface area contributed by atoms with Crippen molar-refractivity contribution < 1.29 is 14.3 Å². The third-order valence-corrected chi connectivity index (χ3v) is 2.56. The minimum atomic E-state index is -0.554. The number of carbonyl (C=O) groups excluding carboxylic acids is 2. The number of aromatic nitrogens is 2. The van der Waals surface area contributed by atoms with Crippen molar-refractivity contribution in [2.24, 2.45) is 0 Å². The summed E-state index contributed by atoms with van der Waals surface area (Å²) in [7, 11) is 1.28. The maximum atomic E-state index is 11.5. The van der Waals surface area contributed by atoms with Gasteiger partial charge in [-0.25, -0.2) is 9.78 Å². The van der Waals surface area contributed by atoms with Gasteiger partial charge in [-0.05, 0) is 12.1 Å². The zero-order valence-electron chi connectivity index (χ0n) is 9.01. The van der Waals surface area contributed by atoms with E-state index in [2.05, 4.69) is 9.72 Å². The van der Waals surface area contributed by atoms with Gasteiger partial charge in [-0.15, -0.1) is 0 Å². The predicted octanol–water partition coefficient (Wildman–Crippen LogP) is 1.52. The maximum Gasteiger partial charge on any atom is 0.358 e. The Morgan fingerprint density at radius 3 is 3.06 bits per heavy atom. The molecule has 0 aliphatic rings. The molecule has 0 atom stereocenters. The fraction of sp³-hybridized carbons (Fsp3) is 0.182. The third-order valence-electron chi connectivity index (χ3n) is 2.32. The Labute approximate surface area is 102 Å². The molecule has 0 aliphatic carbocycles. The number of fused-ring (bicyclic) bond motifs is 1. The molecule has 5 nitrogen and oxygen atoms in total. The maximum absolute atomic E-state index is 11.5. The van der Waals surface area contributed by atoms with Gasteiger partial charge < -0.3 is 13.9 Å². The first kappa shape index (κ1) is 11.6. The molecule has 0 amide bonds. The summed E-state index contributed by atoms with van der Waals surface area (Å²) < 4.78 is 6.27. The lowest BCUT2D eigenvalue weighted by Gasteiger charge is -1.98. The summed E-state index contributed by atoms with van der Waals surface area (Å²) in [5.74, 6) is -0.0750. The number of imidazole rings is 1. The third kappa shape index (κ3) is 2.01. The minimum absolute atomic E-state index is 0.125. The van der Waals surface area contributed by atoms with Crippen LogP contribution in [-0.2, 0) is 16.0 Å². The Hall–Kier alpha value is -1.88. The molecule has 0 fully saturated rings. The molecule has 88 valence electrons. The Morgan fingerprint density at radius 2 is 2.41 bits per heavy atom. The quantitative estimate of drug-likeness (QED) is 0.614. The van der Waals surface area contributed by atoms with E-state index in [4.69, 9.17) is 11.6 Å². The van der Waals surface area contributed by atoms with Crippen LogP contribution < -0.4 is 0 Å². The lowest BCUT2D eigenvalue weighted by molar-refractivity contribution is -0.107. The van der Waals surface area contributed by atoms with Crippen molar-refractivity contribution in [3.05, 3.63) is 34.9 Å². The molecule has 2 heterocycles. The van der Waals surface area contributed by atoms with Crippen LogP contribution >= 0.6 is 11.6 Å². The Kier molecular flexibility index (Phi) is 3.10. The van der Waals surface area contributed by atoms with Gasteiger partial charge in [-0.2, -0.15) is 0 Å². The van der Waals surface area contributed by atoms with Gasteiger partial charge >= 0.3 is 5.97 Å². The first-order valence-corrected chi connectivity index (χ1v) is 5.23. The molecule has 0 saturated heterocycles. The van der Waals surface area contributed by atoms with E-state index < -0.39 is 5.97 Å². The van der Waals surface area contributed by atoms with E-state index in [1.165, 1.54) is 7.11 Å². The van der Waals surface area contributed by atoms with Crippen molar-refractivity contribution in [3.63, 3.8) is 0 Å². The average Bonchev–Trinajstić information content (AvgIpc) is 2.67. The SMILES string of the molecule is COC(=O)c1nc(CC=O)n2ccc(Cl)cc12. The Balaban J connectivity index is 2.70. The lowest BCUT2D eigenvalue weighted by Crippen LogP contribution is -2.02. The van der Waals surface area contributed by atoms with E-state index in [-0.39, 0.29) is 12.1 Å². The zero-order chi connectivity index (χ0) is 12.4. The van der Waals surface area contributed by atoms with E-state index in [0.29, 0.717) is 16.4 Å². The molecule has 2 aromatic rings. The molecule has 0 saturated carbocycles. The molecule has 0 unspecified atom stereocenters. The first-order chi connectivity index (χ1) is 8.17. The fourth-order valence-corrected chi connectivity index (χ4v) is 1.75. The van der Waals surface area contributed by atoms with Gasteiger partial charge in [-0.3, -0.25) is 0 Å². The molecule has 0 spiro atoms. The van der Waals surface area contributed by atoms with Gasteiger partial charge in [0, 0.05) is 11.2 Å². The summed E-state index contributed by atoms with van der Waals surface area (Å²) in [4.78, 5) is 26.2. The van der Waals surface area contributed by atoms with Gasteiger partial charge in [0.05, 0.1) is 19.0 Å². The van der Waals surface area contributed by atoms with Gasteiger partial charge in [0.15, 0.2) is 5.69 Å². The van der Waals surface area contributed by atoms with Gasteiger partial charge in [0.1, 0.15) is 12.1 Å². The molecule has 2 rings (SSSR count). The second-order valence-corrected chi connectivity index (χ2v) is 3.78. The van der Waals surface area contributed by atoms with Crippen molar-refractivity contribution in [2.45, 2.75) is 6.42 Å². The molecule has 0 aliphatic heterocycles. The van der Waals surface area contributed by atoms with Crippen LogP contribution in [0, 0.1) is 0 Å². The molecular formula is C11H9ClN2O3. The monoisotopic (exact) mass is 252 g/mol. The molecule has 0 N–H and O–H groups in total. The predicted molar refractivity (Wildman–Crippen MR) is 61.3 cm³/mol. The average molecular weight is 253 g/mol. The van der Waals surface area contributed by atoms with Crippen LogP contribution in [0.3, 0.4) is 0 Å². The molecule has 0 aromatic carbocycles. The van der Waals surface area contributed by atoms with E-state index >= 15 is 0 Å². The summed E-state index contributed by atoms with van der Waals surface area (Å²) in [5, 5.41) is 0.486. The standard InChI is InChI=1S/C11H9ClN2O3/c1-17-11(16)10-8-6-7(12)2-4-14(8)9(13-10)3-5-15/h2,4-6H,3H2,1H3. The van der Waals surface area contributed by atoms with E-state index in [0.717, 1.165) is 6.29 Å². The molecular weight excluding hydrogens is 244 g/mol. The first-order valence-electron chi connectivity index (χ1n) is 4.85. The fourth-order valence-electron chi connectivity index (χ4n) is 1.59. The van der Waals surface area contributed by atoms with Gasteiger partial charge in [-0.1, -0.05) is 11.6 Å². The molecule has 2 aromatic heterocycles. The minimum Gasteiger partial charge on any atom is -0.464 e. The smallest absolute Gasteiger partial charge is 0.358 e. The van der Waals surface area contributed by atoms with Crippen LogP contribution in [0.2, 0.25) is 5.02 Å². The number of ether oxygens (including phenoxy) is 1. The molecule has 0 radical (unpaired) electrons. The molecule has 6 heteroatoms. The van der Waals surface area contributed by atoms with Crippen LogP contribution in [0.5, 0.6) is 0 Å². The van der Waals surface area contributed by atoms with Crippen LogP contribution in [-0.4, -0.2) is 28.7 Å². The van der Waals surface area contributed by atoms with Crippen LogP contribution in [0.4, 0.5) is 0 Å². The molecule has 17 heavy (non-hydrogen) atoms. The Morgan fingerprint density at radius 1 is 1.65 bits per heavy atom. The second kappa shape index (κ2) is 4.55. The highest BCUT2D eigenvalue weighted by atomic mass is 35.5. The van der Waals surface area contributed by atoms with E-state index in [1.54, 1.807) is 22.7 Å². The zero-order valence-corrected chi connectivity index (χ0v) is 9.77. The van der Waals surface area contributed by atoms with Gasteiger partial charge in [0.2, 0.25) is 0 Å². The number of carbonyl (C=O) groups is 2. The van der Waals surface area contributed by atoms with Crippen molar-refractivity contribution in [1.82, 2.24) is 9.38 Å². The summed E-state index contributed by atoms with van der Waals surface area (Å²) in [6.45, 7) is 0. The van der Waals surface area contributed by atoms with E-state index in [9.17, 15) is 9.59 Å². The Bertz CT molecular complexity index is 592. The normalized spacial score (nSPS) is 10.5. The highest BCUT2D eigenvalue weighted by Crippen LogP contribution is 2.19. The summed E-state index contributed by atoms with van der Waals surface area (Å²) in [5.41, 5.74) is 0.688. The van der Waals surface area contributed by atoms with Crippen molar-refractivity contribution in [2.75, 3.05) is 7.11 Å².